The number of anilines is 1. The van der Waals surface area contributed by atoms with Gasteiger partial charge in [-0.25, -0.2) is 9.78 Å². The molecule has 3 aliphatic heterocycles. The molecule has 34 heavy (non-hydrogen) atoms. The molecule has 2 aromatic heterocycles. The van der Waals surface area contributed by atoms with E-state index in [1.807, 2.05) is 11.0 Å². The van der Waals surface area contributed by atoms with Crippen molar-refractivity contribution in [3.8, 4) is 0 Å². The summed E-state index contributed by atoms with van der Waals surface area (Å²) in [5.41, 5.74) is -0.844. The topological polar surface area (TPSA) is 104 Å². The molecule has 4 aliphatic rings. The minimum atomic E-state index is -1.51. The molecule has 6 rings (SSSR count). The van der Waals surface area contributed by atoms with Gasteiger partial charge in [-0.2, -0.15) is 0 Å². The second kappa shape index (κ2) is 7.92. The highest BCUT2D eigenvalue weighted by atomic mass is 16.2. The van der Waals surface area contributed by atoms with Crippen LogP contribution in [-0.4, -0.2) is 50.8 Å². The quantitative estimate of drug-likeness (QED) is 0.652. The molecular weight excluding hydrogens is 434 g/mol. The van der Waals surface area contributed by atoms with E-state index in [0.29, 0.717) is 30.0 Å². The van der Waals surface area contributed by atoms with Gasteiger partial charge in [0.05, 0.1) is 11.6 Å². The van der Waals surface area contributed by atoms with Crippen LogP contribution >= 0.6 is 0 Å². The smallest absolute Gasteiger partial charge is 0.331 e. The van der Waals surface area contributed by atoms with Crippen molar-refractivity contribution >= 4 is 29.3 Å². The zero-order valence-corrected chi connectivity index (χ0v) is 19.2. The molecule has 3 fully saturated rings. The predicted molar refractivity (Wildman–Crippen MR) is 124 cm³/mol. The fraction of sp³-hybridized carbons (Fsp3) is 0.560. The van der Waals surface area contributed by atoms with E-state index in [-0.39, 0.29) is 18.0 Å². The van der Waals surface area contributed by atoms with Crippen molar-refractivity contribution in [2.45, 2.75) is 76.3 Å². The lowest BCUT2D eigenvalue weighted by Crippen LogP contribution is -2.73. The molecule has 1 saturated carbocycles. The second-order valence-corrected chi connectivity index (χ2v) is 10.1. The zero-order valence-electron chi connectivity index (χ0n) is 19.2. The number of barbiturate groups is 1. The molecule has 1 N–H and O–H groups in total. The molecule has 2 saturated heterocycles. The Kier molecular flexibility index (Phi) is 4.97. The van der Waals surface area contributed by atoms with Gasteiger partial charge in [0.1, 0.15) is 11.5 Å². The van der Waals surface area contributed by atoms with E-state index in [1.165, 1.54) is 9.30 Å². The van der Waals surface area contributed by atoms with Crippen LogP contribution in [0.1, 0.15) is 63.4 Å². The fourth-order valence-corrected chi connectivity index (χ4v) is 6.57. The first kappa shape index (κ1) is 21.3. The van der Waals surface area contributed by atoms with Crippen LogP contribution in [0.3, 0.4) is 0 Å². The van der Waals surface area contributed by atoms with Crippen LogP contribution in [0.25, 0.3) is 5.65 Å². The Bertz CT molecular complexity index is 1250. The Hall–Kier alpha value is -3.23. The summed E-state index contributed by atoms with van der Waals surface area (Å²) in [6.07, 6.45) is 9.52. The number of fused-ring (bicyclic) bond motifs is 5. The number of nitrogens with one attached hydrogen (secondary N) is 1. The molecule has 2 aromatic rings. The number of aromatic nitrogens is 2. The molecule has 0 radical (unpaired) electrons. The molecule has 5 heterocycles. The summed E-state index contributed by atoms with van der Waals surface area (Å²) < 4.78 is 1.47. The maximum Gasteiger partial charge on any atom is 0.331 e. The Balaban J connectivity index is 1.54. The SMILES string of the molecule is O=C1NC(=O)[C@@]2(Cc3c(nc4ccccn4c3=O)N3CCCCC[C@H]32)C(=O)N1C1CCCCC1. The summed E-state index contributed by atoms with van der Waals surface area (Å²) in [6.45, 7) is 0.618. The molecular formula is C25H29N5O4. The number of pyridine rings is 1. The van der Waals surface area contributed by atoms with Gasteiger partial charge in [0, 0.05) is 25.2 Å². The predicted octanol–water partition coefficient (Wildman–Crippen LogP) is 2.40. The number of nitrogens with zero attached hydrogens (tertiary/aromatic N) is 4. The summed E-state index contributed by atoms with van der Waals surface area (Å²) in [6, 6.07) is 4.13. The van der Waals surface area contributed by atoms with Gasteiger partial charge in [0.15, 0.2) is 5.41 Å². The molecule has 0 bridgehead atoms. The van der Waals surface area contributed by atoms with Crippen LogP contribution < -0.4 is 15.8 Å². The molecule has 1 aliphatic carbocycles. The molecule has 9 nitrogen and oxygen atoms in total. The largest absolute Gasteiger partial charge is 0.352 e. The average molecular weight is 464 g/mol. The van der Waals surface area contributed by atoms with E-state index in [1.54, 1.807) is 18.3 Å². The molecule has 1 spiro atoms. The molecule has 2 atom stereocenters. The molecule has 0 aromatic carbocycles. The zero-order chi connectivity index (χ0) is 23.4. The summed E-state index contributed by atoms with van der Waals surface area (Å²) in [5, 5.41) is 2.53. The van der Waals surface area contributed by atoms with Crippen molar-refractivity contribution in [3.63, 3.8) is 0 Å². The molecule has 178 valence electrons. The van der Waals surface area contributed by atoms with E-state index >= 15 is 0 Å². The highest BCUT2D eigenvalue weighted by Crippen LogP contribution is 2.46. The highest BCUT2D eigenvalue weighted by Gasteiger charge is 2.63. The number of carbonyl (C=O) groups excluding carboxylic acids is 3. The third kappa shape index (κ3) is 2.95. The first-order valence-electron chi connectivity index (χ1n) is 12.5. The summed E-state index contributed by atoms with van der Waals surface area (Å²) in [4.78, 5) is 62.6. The number of imide groups is 2. The number of amides is 4. The lowest BCUT2D eigenvalue weighted by molar-refractivity contribution is -0.155. The van der Waals surface area contributed by atoms with Gasteiger partial charge >= 0.3 is 6.03 Å². The van der Waals surface area contributed by atoms with Gasteiger partial charge in [0.25, 0.3) is 5.56 Å². The fourth-order valence-electron chi connectivity index (χ4n) is 6.57. The van der Waals surface area contributed by atoms with Gasteiger partial charge in [0.2, 0.25) is 11.8 Å². The van der Waals surface area contributed by atoms with E-state index < -0.39 is 29.3 Å². The minimum Gasteiger partial charge on any atom is -0.352 e. The summed E-state index contributed by atoms with van der Waals surface area (Å²) in [5.74, 6) is -0.432. The maximum absolute atomic E-state index is 14.3. The van der Waals surface area contributed by atoms with Crippen LogP contribution in [0.5, 0.6) is 0 Å². The van der Waals surface area contributed by atoms with Crippen molar-refractivity contribution in [1.29, 1.82) is 0 Å². The lowest BCUT2D eigenvalue weighted by atomic mass is 9.67. The standard InChI is InChI=1S/C25H29N5O4/c31-21-17-15-25(22(32)27-24(34)30(23(25)33)16-9-3-1-4-10-16)18-11-5-2-7-13-28(18)20(17)26-19-12-6-8-14-29(19)21/h6,8,12,14,16,18H,1-5,7,9-11,13,15H2,(H,27,32,34)/t18-,25-/m0/s1. The van der Waals surface area contributed by atoms with Gasteiger partial charge in [-0.15, -0.1) is 0 Å². The maximum atomic E-state index is 14.3. The Morgan fingerprint density at radius 3 is 2.53 bits per heavy atom. The van der Waals surface area contributed by atoms with Crippen molar-refractivity contribution in [2.24, 2.45) is 5.41 Å². The third-order valence-electron chi connectivity index (χ3n) is 8.24. The van der Waals surface area contributed by atoms with Gasteiger partial charge < -0.3 is 4.90 Å². The van der Waals surface area contributed by atoms with Crippen LogP contribution in [0.15, 0.2) is 29.2 Å². The van der Waals surface area contributed by atoms with Crippen molar-refractivity contribution in [2.75, 3.05) is 11.4 Å². The first-order valence-corrected chi connectivity index (χ1v) is 12.5. The third-order valence-corrected chi connectivity index (χ3v) is 8.24. The Morgan fingerprint density at radius 1 is 0.941 bits per heavy atom. The van der Waals surface area contributed by atoms with Gasteiger partial charge in [-0.3, -0.25) is 29.0 Å². The molecule has 0 unspecified atom stereocenters. The van der Waals surface area contributed by atoms with Crippen molar-refractivity contribution in [3.05, 3.63) is 40.3 Å². The number of hydrogen-bond acceptors (Lipinski definition) is 6. The molecule has 9 heteroatoms. The van der Waals surface area contributed by atoms with Crippen molar-refractivity contribution < 1.29 is 14.4 Å². The van der Waals surface area contributed by atoms with Crippen molar-refractivity contribution in [1.82, 2.24) is 19.6 Å². The van der Waals surface area contributed by atoms with Gasteiger partial charge in [-0.05, 0) is 37.8 Å². The second-order valence-electron chi connectivity index (χ2n) is 10.1. The Labute approximate surface area is 197 Å². The van der Waals surface area contributed by atoms with E-state index in [4.69, 9.17) is 4.98 Å². The van der Waals surface area contributed by atoms with Crippen LogP contribution in [0.4, 0.5) is 10.6 Å². The van der Waals surface area contributed by atoms with E-state index in [0.717, 1.165) is 51.4 Å². The summed E-state index contributed by atoms with van der Waals surface area (Å²) >= 11 is 0. The van der Waals surface area contributed by atoms with Gasteiger partial charge in [-0.1, -0.05) is 38.2 Å². The highest BCUT2D eigenvalue weighted by molar-refractivity contribution is 6.20. The van der Waals surface area contributed by atoms with E-state index in [9.17, 15) is 19.2 Å². The average Bonchev–Trinajstić information content (AvgIpc) is 3.11. The number of rotatable bonds is 1. The number of urea groups is 1. The number of carbonyl (C=O) groups is 3. The van der Waals surface area contributed by atoms with E-state index in [2.05, 4.69) is 5.32 Å². The first-order chi connectivity index (χ1) is 16.5. The normalized spacial score (nSPS) is 28.0. The minimum absolute atomic E-state index is 0.0334. The van der Waals surface area contributed by atoms with Crippen LogP contribution in [0.2, 0.25) is 0 Å². The Morgan fingerprint density at radius 2 is 1.71 bits per heavy atom. The molecule has 4 amide bonds. The van der Waals surface area contributed by atoms with Crippen LogP contribution in [-0.2, 0) is 16.0 Å². The lowest BCUT2D eigenvalue weighted by Gasteiger charge is -2.52. The monoisotopic (exact) mass is 463 g/mol. The summed E-state index contributed by atoms with van der Waals surface area (Å²) in [7, 11) is 0. The van der Waals surface area contributed by atoms with Crippen LogP contribution in [0, 0.1) is 5.41 Å². The number of hydrogen-bond donors (Lipinski definition) is 1.